The summed E-state index contributed by atoms with van der Waals surface area (Å²) < 4.78 is 5.45. The molecule has 1 aromatic carbocycles. The summed E-state index contributed by atoms with van der Waals surface area (Å²) >= 11 is 0. The molecule has 0 spiro atoms. The first kappa shape index (κ1) is 14.3. The lowest BCUT2D eigenvalue weighted by molar-refractivity contribution is 0.416. The quantitative estimate of drug-likeness (QED) is 0.902. The first-order chi connectivity index (χ1) is 9.65. The van der Waals surface area contributed by atoms with Crippen LogP contribution in [0.2, 0.25) is 0 Å². The van der Waals surface area contributed by atoms with Gasteiger partial charge in [-0.25, -0.2) is 9.97 Å². The van der Waals surface area contributed by atoms with Crippen molar-refractivity contribution < 1.29 is 4.74 Å². The van der Waals surface area contributed by atoms with Crippen LogP contribution in [0.5, 0.6) is 5.75 Å². The summed E-state index contributed by atoms with van der Waals surface area (Å²) in [6, 6.07) is 6.11. The third-order valence-corrected chi connectivity index (χ3v) is 3.11. The smallest absolute Gasteiger partial charge is 0.223 e. The van der Waals surface area contributed by atoms with E-state index in [0.717, 1.165) is 35.5 Å². The summed E-state index contributed by atoms with van der Waals surface area (Å²) in [6.07, 6.45) is 2.89. The Bertz CT molecular complexity index is 596. The van der Waals surface area contributed by atoms with Gasteiger partial charge in [0.25, 0.3) is 0 Å². The molecule has 0 saturated heterocycles. The van der Waals surface area contributed by atoms with E-state index in [-0.39, 0.29) is 0 Å². The van der Waals surface area contributed by atoms with Crippen molar-refractivity contribution in [2.75, 3.05) is 19.0 Å². The molecule has 4 nitrogen and oxygen atoms in total. The van der Waals surface area contributed by atoms with Gasteiger partial charge in [-0.3, -0.25) is 0 Å². The number of aromatic nitrogens is 2. The summed E-state index contributed by atoms with van der Waals surface area (Å²) in [5, 5.41) is 3.22. The van der Waals surface area contributed by atoms with Crippen LogP contribution in [-0.2, 0) is 0 Å². The van der Waals surface area contributed by atoms with Crippen molar-refractivity contribution >= 4 is 5.95 Å². The molecule has 0 aliphatic carbocycles. The van der Waals surface area contributed by atoms with Crippen LogP contribution >= 0.6 is 0 Å². The van der Waals surface area contributed by atoms with Crippen LogP contribution in [-0.4, -0.2) is 23.6 Å². The van der Waals surface area contributed by atoms with E-state index in [1.54, 1.807) is 7.11 Å². The molecule has 0 fully saturated rings. The zero-order valence-electron chi connectivity index (χ0n) is 12.5. The van der Waals surface area contributed by atoms with Crippen LogP contribution in [0.25, 0.3) is 11.3 Å². The van der Waals surface area contributed by atoms with Crippen LogP contribution in [0.4, 0.5) is 5.95 Å². The molecule has 0 atom stereocenters. The molecule has 1 aromatic heterocycles. The topological polar surface area (TPSA) is 47.0 Å². The average molecular weight is 271 g/mol. The highest BCUT2D eigenvalue weighted by Gasteiger charge is 2.12. The second kappa shape index (κ2) is 6.37. The van der Waals surface area contributed by atoms with E-state index in [0.29, 0.717) is 5.95 Å². The molecule has 1 N–H and O–H groups in total. The molecule has 0 bridgehead atoms. The molecule has 1 heterocycles. The number of nitrogens with one attached hydrogen (secondary N) is 1. The van der Waals surface area contributed by atoms with Crippen LogP contribution in [0.15, 0.2) is 24.4 Å². The molecule has 2 rings (SSSR count). The number of hydrogen-bond acceptors (Lipinski definition) is 4. The molecule has 20 heavy (non-hydrogen) atoms. The Morgan fingerprint density at radius 3 is 2.75 bits per heavy atom. The van der Waals surface area contributed by atoms with E-state index >= 15 is 0 Å². The highest BCUT2D eigenvalue weighted by molar-refractivity contribution is 5.71. The highest BCUT2D eigenvalue weighted by atomic mass is 16.5. The van der Waals surface area contributed by atoms with Crippen LogP contribution in [0.3, 0.4) is 0 Å². The Kier molecular flexibility index (Phi) is 4.56. The lowest BCUT2D eigenvalue weighted by atomic mass is 10.0. The Hall–Kier alpha value is -2.10. The first-order valence-electron chi connectivity index (χ1n) is 6.88. The van der Waals surface area contributed by atoms with Crippen molar-refractivity contribution in [3.63, 3.8) is 0 Å². The van der Waals surface area contributed by atoms with Gasteiger partial charge in [0.2, 0.25) is 5.95 Å². The number of hydrogen-bond donors (Lipinski definition) is 1. The fraction of sp³-hybridized carbons (Fsp3) is 0.375. The molecular formula is C16H21N3O. The van der Waals surface area contributed by atoms with Gasteiger partial charge in [-0.05, 0) is 38.0 Å². The number of rotatable bonds is 5. The zero-order chi connectivity index (χ0) is 14.5. The normalized spacial score (nSPS) is 10.4. The predicted molar refractivity (Wildman–Crippen MR) is 82.3 cm³/mol. The minimum Gasteiger partial charge on any atom is -0.496 e. The number of methoxy groups -OCH3 is 1. The molecule has 0 aliphatic heterocycles. The fourth-order valence-corrected chi connectivity index (χ4v) is 2.04. The lowest BCUT2D eigenvalue weighted by Gasteiger charge is -2.12. The van der Waals surface area contributed by atoms with E-state index in [1.807, 2.05) is 25.3 Å². The monoisotopic (exact) mass is 271 g/mol. The molecule has 0 amide bonds. The molecule has 106 valence electrons. The Morgan fingerprint density at radius 1 is 1.25 bits per heavy atom. The standard InChI is InChI=1S/C16H21N3O/c1-5-8-17-16-18-10-12(3)15(19-16)13-9-11(2)6-7-14(13)20-4/h6-7,9-10H,5,8H2,1-4H3,(H,17,18,19). The number of nitrogens with zero attached hydrogens (tertiary/aromatic N) is 2. The average Bonchev–Trinajstić information content (AvgIpc) is 2.46. The van der Waals surface area contributed by atoms with Gasteiger partial charge >= 0.3 is 0 Å². The maximum absolute atomic E-state index is 5.45. The van der Waals surface area contributed by atoms with Gasteiger partial charge in [-0.1, -0.05) is 18.6 Å². The van der Waals surface area contributed by atoms with Crippen molar-refractivity contribution in [1.82, 2.24) is 9.97 Å². The highest BCUT2D eigenvalue weighted by Crippen LogP contribution is 2.31. The second-order valence-corrected chi connectivity index (χ2v) is 4.86. The predicted octanol–water partition coefficient (Wildman–Crippen LogP) is 3.59. The molecular weight excluding hydrogens is 250 g/mol. The fourth-order valence-electron chi connectivity index (χ4n) is 2.04. The van der Waals surface area contributed by atoms with Crippen molar-refractivity contribution in [2.24, 2.45) is 0 Å². The third-order valence-electron chi connectivity index (χ3n) is 3.11. The van der Waals surface area contributed by atoms with Gasteiger partial charge in [0.15, 0.2) is 0 Å². The first-order valence-corrected chi connectivity index (χ1v) is 6.88. The minimum atomic E-state index is 0.663. The van der Waals surface area contributed by atoms with Gasteiger partial charge in [0, 0.05) is 18.3 Å². The van der Waals surface area contributed by atoms with Gasteiger partial charge in [-0.15, -0.1) is 0 Å². The van der Waals surface area contributed by atoms with Gasteiger partial charge in [-0.2, -0.15) is 0 Å². The zero-order valence-corrected chi connectivity index (χ0v) is 12.5. The summed E-state index contributed by atoms with van der Waals surface area (Å²) in [6.45, 7) is 7.07. The number of anilines is 1. The van der Waals surface area contributed by atoms with E-state index in [4.69, 9.17) is 4.74 Å². The Morgan fingerprint density at radius 2 is 2.05 bits per heavy atom. The number of aryl methyl sites for hydroxylation is 2. The van der Waals surface area contributed by atoms with Gasteiger partial charge in [0.1, 0.15) is 5.75 Å². The SMILES string of the molecule is CCCNc1ncc(C)c(-c2cc(C)ccc2OC)n1. The van der Waals surface area contributed by atoms with Crippen LogP contribution < -0.4 is 10.1 Å². The van der Waals surface area contributed by atoms with E-state index in [1.165, 1.54) is 5.56 Å². The van der Waals surface area contributed by atoms with E-state index in [9.17, 15) is 0 Å². The van der Waals surface area contributed by atoms with Crippen LogP contribution in [0, 0.1) is 13.8 Å². The molecule has 0 radical (unpaired) electrons. The largest absolute Gasteiger partial charge is 0.496 e. The van der Waals surface area contributed by atoms with Gasteiger partial charge < -0.3 is 10.1 Å². The van der Waals surface area contributed by atoms with Crippen LogP contribution in [0.1, 0.15) is 24.5 Å². The molecule has 0 aliphatic rings. The van der Waals surface area contributed by atoms with Crippen molar-refractivity contribution in [2.45, 2.75) is 27.2 Å². The minimum absolute atomic E-state index is 0.663. The van der Waals surface area contributed by atoms with E-state index in [2.05, 4.69) is 35.2 Å². The maximum Gasteiger partial charge on any atom is 0.223 e. The summed E-state index contributed by atoms with van der Waals surface area (Å²) in [5.74, 6) is 1.50. The molecule has 0 unspecified atom stereocenters. The molecule has 4 heteroatoms. The lowest BCUT2D eigenvalue weighted by Crippen LogP contribution is -2.06. The summed E-state index contributed by atoms with van der Waals surface area (Å²) in [4.78, 5) is 8.94. The summed E-state index contributed by atoms with van der Waals surface area (Å²) in [5.41, 5.74) is 4.14. The summed E-state index contributed by atoms with van der Waals surface area (Å²) in [7, 11) is 1.68. The molecule has 0 saturated carbocycles. The molecule has 2 aromatic rings. The second-order valence-electron chi connectivity index (χ2n) is 4.86. The van der Waals surface area contributed by atoms with Crippen molar-refractivity contribution in [1.29, 1.82) is 0 Å². The maximum atomic E-state index is 5.45. The number of ether oxygens (including phenoxy) is 1. The Labute approximate surface area is 120 Å². The third kappa shape index (κ3) is 3.07. The van der Waals surface area contributed by atoms with Crippen molar-refractivity contribution in [3.8, 4) is 17.0 Å². The number of benzene rings is 1. The Balaban J connectivity index is 2.48. The van der Waals surface area contributed by atoms with Crippen molar-refractivity contribution in [3.05, 3.63) is 35.5 Å². The van der Waals surface area contributed by atoms with Gasteiger partial charge in [0.05, 0.1) is 12.8 Å². The van der Waals surface area contributed by atoms with E-state index < -0.39 is 0 Å².